The van der Waals surface area contributed by atoms with E-state index in [1.807, 2.05) is 11.7 Å². The summed E-state index contributed by atoms with van der Waals surface area (Å²) in [6, 6.07) is 8.32. The van der Waals surface area contributed by atoms with Crippen molar-refractivity contribution in [1.82, 2.24) is 14.8 Å². The molecule has 4 nitrogen and oxygen atoms in total. The maximum Gasteiger partial charge on any atom is 0.156 e. The Morgan fingerprint density at radius 1 is 1.20 bits per heavy atom. The van der Waals surface area contributed by atoms with Gasteiger partial charge in [0.2, 0.25) is 0 Å². The molecule has 2 rings (SSSR count). The number of para-hydroxylation sites is 1. The van der Waals surface area contributed by atoms with Gasteiger partial charge in [0, 0.05) is 31.1 Å². The van der Waals surface area contributed by atoms with E-state index in [0.29, 0.717) is 0 Å². The van der Waals surface area contributed by atoms with Gasteiger partial charge in [-0.25, -0.2) is 4.98 Å². The first-order chi connectivity index (χ1) is 9.38. The number of hydrogen-bond donors (Lipinski definition) is 1. The van der Waals surface area contributed by atoms with Crippen molar-refractivity contribution in [2.24, 2.45) is 7.05 Å². The lowest BCUT2D eigenvalue weighted by molar-refractivity contribution is 0.538. The third kappa shape index (κ3) is 3.38. The normalized spacial score (nSPS) is 11.7. The van der Waals surface area contributed by atoms with Crippen molar-refractivity contribution in [3.8, 4) is 0 Å². The Balaban J connectivity index is 1.98. The van der Waals surface area contributed by atoms with Gasteiger partial charge in [-0.05, 0) is 18.6 Å². The minimum absolute atomic E-state index is 0.000539. The maximum absolute atomic E-state index is 4.65. The minimum atomic E-state index is -0.000539. The Labute approximate surface area is 121 Å². The fraction of sp³-hybridized carbons (Fsp3) is 0.500. The number of hydrogen-bond acceptors (Lipinski definition) is 3. The molecule has 0 aliphatic rings. The van der Waals surface area contributed by atoms with Crippen molar-refractivity contribution in [3.63, 3.8) is 0 Å². The van der Waals surface area contributed by atoms with Gasteiger partial charge in [-0.2, -0.15) is 5.10 Å². The molecule has 20 heavy (non-hydrogen) atoms. The Bertz CT molecular complexity index is 578. The van der Waals surface area contributed by atoms with Crippen molar-refractivity contribution in [2.45, 2.75) is 39.5 Å². The van der Waals surface area contributed by atoms with E-state index in [2.05, 4.69) is 67.4 Å². The average Bonchev–Trinajstić information content (AvgIpc) is 2.73. The first-order valence-electron chi connectivity index (χ1n) is 7.08. The second kappa shape index (κ2) is 5.65. The predicted molar refractivity (Wildman–Crippen MR) is 83.1 cm³/mol. The molecule has 2 aromatic rings. The van der Waals surface area contributed by atoms with Gasteiger partial charge in [-0.3, -0.25) is 4.68 Å². The highest BCUT2D eigenvalue weighted by Crippen LogP contribution is 2.18. The van der Waals surface area contributed by atoms with E-state index >= 15 is 0 Å². The van der Waals surface area contributed by atoms with Crippen LogP contribution in [0.3, 0.4) is 0 Å². The smallest absolute Gasteiger partial charge is 0.156 e. The Hall–Kier alpha value is -1.84. The predicted octanol–water partition coefficient (Wildman–Crippen LogP) is 3.08. The van der Waals surface area contributed by atoms with Gasteiger partial charge in [0.1, 0.15) is 5.82 Å². The molecule has 0 fully saturated rings. The lowest BCUT2D eigenvalue weighted by Crippen LogP contribution is -2.13. The molecule has 1 heterocycles. The molecule has 0 atom stereocenters. The average molecular weight is 272 g/mol. The quantitative estimate of drug-likeness (QED) is 0.930. The van der Waals surface area contributed by atoms with Gasteiger partial charge in [-0.1, -0.05) is 39.0 Å². The van der Waals surface area contributed by atoms with Crippen molar-refractivity contribution in [1.29, 1.82) is 0 Å². The van der Waals surface area contributed by atoms with Gasteiger partial charge in [0.25, 0.3) is 0 Å². The zero-order valence-electron chi connectivity index (χ0n) is 13.1. The third-order valence-corrected chi connectivity index (χ3v) is 3.33. The molecule has 108 valence electrons. The van der Waals surface area contributed by atoms with Gasteiger partial charge >= 0.3 is 0 Å². The Morgan fingerprint density at radius 3 is 2.50 bits per heavy atom. The summed E-state index contributed by atoms with van der Waals surface area (Å²) in [7, 11) is 1.96. The van der Waals surface area contributed by atoms with Crippen LogP contribution in [-0.4, -0.2) is 21.3 Å². The number of rotatable bonds is 4. The highest BCUT2D eigenvalue weighted by atomic mass is 15.3. The van der Waals surface area contributed by atoms with E-state index in [1.54, 1.807) is 0 Å². The lowest BCUT2D eigenvalue weighted by Gasteiger charge is -2.12. The van der Waals surface area contributed by atoms with Crippen LogP contribution in [0, 0.1) is 6.92 Å². The number of anilines is 1. The molecule has 1 N–H and O–H groups in total. The maximum atomic E-state index is 4.65. The summed E-state index contributed by atoms with van der Waals surface area (Å²) in [6.07, 6.45) is 0.869. The van der Waals surface area contributed by atoms with E-state index in [-0.39, 0.29) is 5.41 Å². The van der Waals surface area contributed by atoms with E-state index in [1.165, 1.54) is 11.3 Å². The zero-order valence-corrected chi connectivity index (χ0v) is 13.1. The molecule has 0 amide bonds. The largest absolute Gasteiger partial charge is 0.384 e. The van der Waals surface area contributed by atoms with Gasteiger partial charge < -0.3 is 5.32 Å². The third-order valence-electron chi connectivity index (χ3n) is 3.33. The summed E-state index contributed by atoms with van der Waals surface area (Å²) < 4.78 is 1.89. The Kier molecular flexibility index (Phi) is 4.12. The van der Waals surface area contributed by atoms with Crippen LogP contribution in [0.2, 0.25) is 0 Å². The summed E-state index contributed by atoms with van der Waals surface area (Å²) in [5.74, 6) is 1.93. The van der Waals surface area contributed by atoms with Crippen LogP contribution < -0.4 is 5.32 Å². The zero-order chi connectivity index (χ0) is 14.8. The van der Waals surface area contributed by atoms with Crippen LogP contribution >= 0.6 is 0 Å². The topological polar surface area (TPSA) is 42.7 Å². The number of aryl methyl sites for hydroxylation is 2. The van der Waals surface area contributed by atoms with Gasteiger partial charge in [0.05, 0.1) is 0 Å². The molecule has 0 saturated carbocycles. The summed E-state index contributed by atoms with van der Waals surface area (Å²) >= 11 is 0. The molecular weight excluding hydrogens is 248 g/mol. The van der Waals surface area contributed by atoms with Crippen LogP contribution in [0.5, 0.6) is 0 Å². The van der Waals surface area contributed by atoms with E-state index in [0.717, 1.165) is 24.6 Å². The molecule has 0 aliphatic carbocycles. The van der Waals surface area contributed by atoms with Crippen LogP contribution in [-0.2, 0) is 18.9 Å². The number of benzene rings is 1. The summed E-state index contributed by atoms with van der Waals surface area (Å²) in [5.41, 5.74) is 2.45. The molecule has 0 radical (unpaired) electrons. The number of aromatic nitrogens is 3. The number of nitrogens with zero attached hydrogens (tertiary/aromatic N) is 3. The molecular formula is C16H24N4. The first-order valence-corrected chi connectivity index (χ1v) is 7.08. The minimum Gasteiger partial charge on any atom is -0.384 e. The fourth-order valence-corrected chi connectivity index (χ4v) is 2.03. The van der Waals surface area contributed by atoms with Gasteiger partial charge in [-0.15, -0.1) is 0 Å². The summed E-state index contributed by atoms with van der Waals surface area (Å²) in [4.78, 5) is 4.65. The monoisotopic (exact) mass is 272 g/mol. The van der Waals surface area contributed by atoms with Crippen molar-refractivity contribution in [3.05, 3.63) is 41.5 Å². The lowest BCUT2D eigenvalue weighted by atomic mass is 9.96. The van der Waals surface area contributed by atoms with Crippen LogP contribution in [0.4, 0.5) is 5.69 Å². The molecule has 0 saturated heterocycles. The SMILES string of the molecule is Cc1ccccc1NCCc1nc(C(C)(C)C)nn1C. The highest BCUT2D eigenvalue weighted by molar-refractivity contribution is 5.50. The highest BCUT2D eigenvalue weighted by Gasteiger charge is 2.20. The molecule has 0 bridgehead atoms. The van der Waals surface area contributed by atoms with Crippen molar-refractivity contribution in [2.75, 3.05) is 11.9 Å². The molecule has 0 spiro atoms. The van der Waals surface area contributed by atoms with Crippen LogP contribution in [0.1, 0.15) is 38.0 Å². The van der Waals surface area contributed by atoms with Crippen molar-refractivity contribution >= 4 is 5.69 Å². The fourth-order valence-electron chi connectivity index (χ4n) is 2.03. The van der Waals surface area contributed by atoms with E-state index < -0.39 is 0 Å². The standard InChI is InChI=1S/C16H24N4/c1-12-8-6-7-9-13(12)17-11-10-14-18-15(16(2,3)4)19-20(14)5/h6-9,17H,10-11H2,1-5H3. The van der Waals surface area contributed by atoms with Gasteiger partial charge in [0.15, 0.2) is 5.82 Å². The molecule has 0 unspecified atom stereocenters. The summed E-state index contributed by atoms with van der Waals surface area (Å²) in [6.45, 7) is 9.39. The van der Waals surface area contributed by atoms with E-state index in [4.69, 9.17) is 0 Å². The number of nitrogens with one attached hydrogen (secondary N) is 1. The first kappa shape index (κ1) is 14.6. The second-order valence-corrected chi connectivity index (χ2v) is 6.22. The Morgan fingerprint density at radius 2 is 1.90 bits per heavy atom. The molecule has 0 aliphatic heterocycles. The van der Waals surface area contributed by atoms with Crippen molar-refractivity contribution < 1.29 is 0 Å². The van der Waals surface area contributed by atoms with Crippen LogP contribution in [0.25, 0.3) is 0 Å². The molecule has 4 heteroatoms. The summed E-state index contributed by atoms with van der Waals surface area (Å²) in [5, 5.41) is 7.96. The molecule has 1 aromatic carbocycles. The second-order valence-electron chi connectivity index (χ2n) is 6.22. The van der Waals surface area contributed by atoms with E-state index in [9.17, 15) is 0 Å². The van der Waals surface area contributed by atoms with Crippen LogP contribution in [0.15, 0.2) is 24.3 Å². The molecule has 1 aromatic heterocycles.